The molecule has 0 atom stereocenters. The van der Waals surface area contributed by atoms with E-state index in [0.29, 0.717) is 11.5 Å². The van der Waals surface area contributed by atoms with E-state index in [0.717, 1.165) is 27.0 Å². The first-order valence-electron chi connectivity index (χ1n) is 9.72. The Morgan fingerprint density at radius 1 is 1.06 bits per heavy atom. The minimum Gasteiger partial charge on any atom is -0.383 e. The van der Waals surface area contributed by atoms with Crippen LogP contribution in [0.25, 0.3) is 0 Å². The lowest BCUT2D eigenvalue weighted by molar-refractivity contribution is -0.111. The molecule has 0 unspecified atom stereocenters. The van der Waals surface area contributed by atoms with Crippen LogP contribution in [0.15, 0.2) is 99.4 Å². The van der Waals surface area contributed by atoms with Crippen molar-refractivity contribution in [2.75, 3.05) is 10.0 Å². The summed E-state index contributed by atoms with van der Waals surface area (Å²) < 4.78 is 4.38. The Balaban J connectivity index is 1.63. The molecule has 4 N–H and O–H groups in total. The third-order valence-electron chi connectivity index (χ3n) is 4.35. The number of carbonyl (C=O) groups is 1. The second-order valence-corrected chi connectivity index (χ2v) is 8.34. The summed E-state index contributed by atoms with van der Waals surface area (Å²) >= 11 is 4.96. The maximum atomic E-state index is 12.3. The average Bonchev–Trinajstić information content (AvgIpc) is 2.79. The molecule has 7 heteroatoms. The molecule has 0 aliphatic carbocycles. The number of aliphatic imine (C=N–C) groups is 1. The van der Waals surface area contributed by atoms with Crippen LogP contribution < -0.4 is 15.8 Å². The van der Waals surface area contributed by atoms with Gasteiger partial charge in [0.15, 0.2) is 0 Å². The fraction of sp³-hybridized carbons (Fsp3) is 0.0833. The first-order chi connectivity index (χ1) is 15.0. The van der Waals surface area contributed by atoms with Crippen molar-refractivity contribution in [1.29, 1.82) is 0 Å². The van der Waals surface area contributed by atoms with Gasteiger partial charge in [-0.1, -0.05) is 59.3 Å². The Bertz CT molecular complexity index is 1080. The summed E-state index contributed by atoms with van der Waals surface area (Å²) in [5, 5.41) is 2.87. The summed E-state index contributed by atoms with van der Waals surface area (Å²) in [6, 6.07) is 23.3. The largest absolute Gasteiger partial charge is 0.383 e. The predicted molar refractivity (Wildman–Crippen MR) is 134 cm³/mol. The van der Waals surface area contributed by atoms with Crippen molar-refractivity contribution in [3.05, 3.63) is 101 Å². The Hall–Kier alpha value is -3.03. The van der Waals surface area contributed by atoms with Crippen LogP contribution in [0.4, 0.5) is 11.4 Å². The highest BCUT2D eigenvalue weighted by Crippen LogP contribution is 2.28. The Morgan fingerprint density at radius 2 is 1.77 bits per heavy atom. The van der Waals surface area contributed by atoms with Crippen LogP contribution in [0.3, 0.4) is 0 Å². The monoisotopic (exact) mass is 494 g/mol. The summed E-state index contributed by atoms with van der Waals surface area (Å²) in [5.74, 6) is 0.0836. The van der Waals surface area contributed by atoms with Crippen LogP contribution in [-0.4, -0.2) is 11.7 Å². The minimum absolute atomic E-state index is 0.273. The molecule has 0 fully saturated rings. The van der Waals surface area contributed by atoms with E-state index >= 15 is 0 Å². The van der Waals surface area contributed by atoms with Gasteiger partial charge in [-0.05, 0) is 60.3 Å². The normalized spacial score (nSPS) is 11.5. The molecular formula is C24H23BrN4OS. The molecular weight excluding hydrogens is 472 g/mol. The number of carbonyl (C=O) groups excluding carboxylic acids is 1. The van der Waals surface area contributed by atoms with E-state index in [4.69, 9.17) is 5.73 Å². The van der Waals surface area contributed by atoms with Crippen LogP contribution in [0, 0.1) is 0 Å². The average molecular weight is 495 g/mol. The molecule has 0 saturated carbocycles. The molecule has 0 aliphatic heterocycles. The molecule has 5 nitrogen and oxygen atoms in total. The van der Waals surface area contributed by atoms with E-state index in [-0.39, 0.29) is 5.91 Å². The third kappa shape index (κ3) is 7.01. The third-order valence-corrected chi connectivity index (χ3v) is 5.81. The van der Waals surface area contributed by atoms with Crippen LogP contribution >= 0.6 is 27.9 Å². The molecule has 0 aromatic heterocycles. The van der Waals surface area contributed by atoms with E-state index in [2.05, 4.69) is 37.9 Å². The molecule has 0 spiro atoms. The van der Waals surface area contributed by atoms with Crippen LogP contribution in [0.2, 0.25) is 0 Å². The molecule has 0 bridgehead atoms. The van der Waals surface area contributed by atoms with Crippen molar-refractivity contribution >= 4 is 51.0 Å². The fourth-order valence-corrected chi connectivity index (χ4v) is 3.86. The standard InChI is InChI=1S/C24H23BrN4OS/c1-2-17-8-11-21(16-22(17)31-29-20-12-9-19(25)10-13-20)28-23(30)14-15-27-24(26)18-6-4-3-5-7-18/h3-16,29H,2H2,1H3,(H2,26,27)(H,28,30)/b15-14+. The number of hydrogen-bond acceptors (Lipinski definition) is 4. The number of benzene rings is 3. The van der Waals surface area contributed by atoms with Gasteiger partial charge in [0.1, 0.15) is 5.84 Å². The number of rotatable bonds is 8. The van der Waals surface area contributed by atoms with Crippen LogP contribution in [0.1, 0.15) is 18.1 Å². The molecule has 158 valence electrons. The Kier molecular flexibility index (Phi) is 8.32. The van der Waals surface area contributed by atoms with Gasteiger partial charge in [0.25, 0.3) is 0 Å². The number of amides is 1. The molecule has 1 amide bonds. The molecule has 3 rings (SSSR count). The van der Waals surface area contributed by atoms with Crippen LogP contribution in [0.5, 0.6) is 0 Å². The van der Waals surface area contributed by atoms with Crippen molar-refractivity contribution in [3.8, 4) is 0 Å². The lowest BCUT2D eigenvalue weighted by atomic mass is 10.1. The quantitative estimate of drug-likeness (QED) is 0.155. The summed E-state index contributed by atoms with van der Waals surface area (Å²) in [5.41, 5.74) is 9.65. The van der Waals surface area contributed by atoms with Crippen molar-refractivity contribution in [1.82, 2.24) is 0 Å². The maximum Gasteiger partial charge on any atom is 0.249 e. The van der Waals surface area contributed by atoms with E-state index < -0.39 is 0 Å². The molecule has 3 aromatic rings. The number of nitrogens with two attached hydrogens (primary N) is 1. The molecule has 0 heterocycles. The van der Waals surface area contributed by atoms with Gasteiger partial charge in [-0.3, -0.25) is 4.79 Å². The van der Waals surface area contributed by atoms with Gasteiger partial charge in [-0.2, -0.15) is 0 Å². The highest BCUT2D eigenvalue weighted by molar-refractivity contribution is 9.10. The highest BCUT2D eigenvalue weighted by atomic mass is 79.9. The highest BCUT2D eigenvalue weighted by Gasteiger charge is 2.06. The van der Waals surface area contributed by atoms with Gasteiger partial charge >= 0.3 is 0 Å². The Morgan fingerprint density at radius 3 is 2.48 bits per heavy atom. The summed E-state index contributed by atoms with van der Waals surface area (Å²) in [4.78, 5) is 17.5. The predicted octanol–water partition coefficient (Wildman–Crippen LogP) is 5.99. The number of anilines is 2. The van der Waals surface area contributed by atoms with E-state index in [1.54, 1.807) is 0 Å². The lowest BCUT2D eigenvalue weighted by Crippen LogP contribution is -2.12. The van der Waals surface area contributed by atoms with Gasteiger partial charge in [0.05, 0.1) is 0 Å². The first-order valence-corrected chi connectivity index (χ1v) is 11.3. The van der Waals surface area contributed by atoms with Gasteiger partial charge in [0.2, 0.25) is 5.91 Å². The second kappa shape index (κ2) is 11.4. The SMILES string of the molecule is CCc1ccc(NC(=O)/C=C/N=C(N)c2ccccc2)cc1SNc1ccc(Br)cc1. The fourth-order valence-electron chi connectivity index (χ4n) is 2.70. The zero-order valence-corrected chi connectivity index (χ0v) is 19.4. The van der Waals surface area contributed by atoms with E-state index in [1.807, 2.05) is 72.8 Å². The summed E-state index contributed by atoms with van der Waals surface area (Å²) in [7, 11) is 0. The smallest absolute Gasteiger partial charge is 0.249 e. The molecule has 0 saturated heterocycles. The molecule has 3 aromatic carbocycles. The van der Waals surface area contributed by atoms with E-state index in [1.165, 1.54) is 29.8 Å². The number of halogens is 1. The molecule has 31 heavy (non-hydrogen) atoms. The zero-order chi connectivity index (χ0) is 22.1. The zero-order valence-electron chi connectivity index (χ0n) is 17.0. The number of amidine groups is 1. The molecule has 0 aliphatic rings. The van der Waals surface area contributed by atoms with Gasteiger partial charge in [0, 0.05) is 38.6 Å². The van der Waals surface area contributed by atoms with Crippen molar-refractivity contribution in [2.45, 2.75) is 18.2 Å². The Labute approximate surface area is 195 Å². The van der Waals surface area contributed by atoms with Gasteiger partial charge in [-0.25, -0.2) is 4.99 Å². The molecule has 0 radical (unpaired) electrons. The van der Waals surface area contributed by atoms with E-state index in [9.17, 15) is 4.79 Å². The lowest BCUT2D eigenvalue weighted by Gasteiger charge is -2.12. The summed E-state index contributed by atoms with van der Waals surface area (Å²) in [6.07, 6.45) is 3.66. The maximum absolute atomic E-state index is 12.3. The first kappa shape index (κ1) is 22.7. The van der Waals surface area contributed by atoms with Crippen molar-refractivity contribution in [3.63, 3.8) is 0 Å². The number of hydrogen-bond donors (Lipinski definition) is 3. The summed E-state index contributed by atoms with van der Waals surface area (Å²) in [6.45, 7) is 2.11. The topological polar surface area (TPSA) is 79.5 Å². The van der Waals surface area contributed by atoms with Gasteiger partial charge in [-0.15, -0.1) is 0 Å². The van der Waals surface area contributed by atoms with Gasteiger partial charge < -0.3 is 15.8 Å². The van der Waals surface area contributed by atoms with Crippen molar-refractivity contribution in [2.24, 2.45) is 10.7 Å². The number of nitrogens with zero attached hydrogens (tertiary/aromatic N) is 1. The second-order valence-electron chi connectivity index (χ2n) is 6.57. The number of aryl methyl sites for hydroxylation is 1. The van der Waals surface area contributed by atoms with Crippen molar-refractivity contribution < 1.29 is 4.79 Å². The van der Waals surface area contributed by atoms with Crippen LogP contribution in [-0.2, 0) is 11.2 Å². The minimum atomic E-state index is -0.273. The number of nitrogens with one attached hydrogen (secondary N) is 2.